The molecule has 1 aromatic rings. The zero-order valence-corrected chi connectivity index (χ0v) is 14.0. The van der Waals surface area contributed by atoms with Gasteiger partial charge in [-0.25, -0.2) is 13.6 Å². The first kappa shape index (κ1) is 17.6. The number of primary sulfonamides is 1. The molecule has 114 valence electrons. The molecule has 0 saturated heterocycles. The molecule has 20 heavy (non-hydrogen) atoms. The Bertz CT molecular complexity index is 567. The standard InChI is InChI=1S/C13H19Cl2NO3S/c1-13(2,3)9(8-20(16,17)18)7-19-12-6-10(14)4-5-11(12)15/h4-6,9H,7-8H2,1-3H3,(H2,16,17,18). The van der Waals surface area contributed by atoms with Crippen LogP contribution in [0.15, 0.2) is 18.2 Å². The molecule has 0 radical (unpaired) electrons. The Hall–Kier alpha value is -0.490. The fraction of sp³-hybridized carbons (Fsp3) is 0.538. The van der Waals surface area contributed by atoms with E-state index in [1.807, 2.05) is 20.8 Å². The van der Waals surface area contributed by atoms with Crippen molar-refractivity contribution in [2.45, 2.75) is 20.8 Å². The lowest BCUT2D eigenvalue weighted by atomic mass is 9.82. The number of hydrogen-bond acceptors (Lipinski definition) is 3. The van der Waals surface area contributed by atoms with Crippen LogP contribution in [0, 0.1) is 11.3 Å². The van der Waals surface area contributed by atoms with Crippen LogP contribution in [0.25, 0.3) is 0 Å². The van der Waals surface area contributed by atoms with Crippen LogP contribution in [0.1, 0.15) is 20.8 Å². The van der Waals surface area contributed by atoms with E-state index < -0.39 is 10.0 Å². The minimum atomic E-state index is -3.57. The van der Waals surface area contributed by atoms with E-state index in [-0.39, 0.29) is 23.7 Å². The lowest BCUT2D eigenvalue weighted by Gasteiger charge is -2.30. The monoisotopic (exact) mass is 339 g/mol. The summed E-state index contributed by atoms with van der Waals surface area (Å²) in [7, 11) is -3.57. The number of ether oxygens (including phenoxy) is 1. The highest BCUT2D eigenvalue weighted by atomic mass is 35.5. The fourth-order valence-electron chi connectivity index (χ4n) is 1.61. The second kappa shape index (κ2) is 6.52. The van der Waals surface area contributed by atoms with Gasteiger partial charge in [0.25, 0.3) is 0 Å². The normalized spacial score (nSPS) is 14.1. The van der Waals surface area contributed by atoms with Crippen LogP contribution in [0.3, 0.4) is 0 Å². The molecule has 0 saturated carbocycles. The molecule has 0 spiro atoms. The van der Waals surface area contributed by atoms with Gasteiger partial charge < -0.3 is 4.74 Å². The van der Waals surface area contributed by atoms with Gasteiger partial charge in [0.1, 0.15) is 5.75 Å². The van der Waals surface area contributed by atoms with Crippen LogP contribution in [-0.2, 0) is 10.0 Å². The Kier molecular flexibility index (Phi) is 5.72. The van der Waals surface area contributed by atoms with Crippen LogP contribution >= 0.6 is 23.2 Å². The maximum atomic E-state index is 11.3. The Labute approximate surface area is 130 Å². The van der Waals surface area contributed by atoms with Crippen molar-refractivity contribution >= 4 is 33.2 Å². The Morgan fingerprint density at radius 3 is 2.40 bits per heavy atom. The number of sulfonamides is 1. The number of halogens is 2. The van der Waals surface area contributed by atoms with Crippen LogP contribution in [-0.4, -0.2) is 20.8 Å². The zero-order chi connectivity index (χ0) is 15.6. The molecule has 0 heterocycles. The maximum Gasteiger partial charge on any atom is 0.209 e. The van der Waals surface area contributed by atoms with Gasteiger partial charge in [-0.05, 0) is 17.5 Å². The molecule has 0 bridgehead atoms. The molecule has 1 rings (SSSR count). The highest BCUT2D eigenvalue weighted by Crippen LogP contribution is 2.31. The Morgan fingerprint density at radius 1 is 1.30 bits per heavy atom. The van der Waals surface area contributed by atoms with E-state index in [4.69, 9.17) is 33.1 Å². The van der Waals surface area contributed by atoms with E-state index in [0.717, 1.165) is 0 Å². The van der Waals surface area contributed by atoms with Crippen molar-refractivity contribution < 1.29 is 13.2 Å². The quantitative estimate of drug-likeness (QED) is 0.894. The average molecular weight is 340 g/mol. The molecular formula is C13H19Cl2NO3S. The molecule has 1 atom stereocenters. The average Bonchev–Trinajstić information content (AvgIpc) is 2.25. The summed E-state index contributed by atoms with van der Waals surface area (Å²) in [4.78, 5) is 0. The molecule has 1 aromatic carbocycles. The van der Waals surface area contributed by atoms with Crippen molar-refractivity contribution in [1.82, 2.24) is 0 Å². The second-order valence-corrected chi connectivity index (χ2v) is 8.28. The SMILES string of the molecule is CC(C)(C)C(COc1cc(Cl)ccc1Cl)CS(N)(=O)=O. The molecular weight excluding hydrogens is 321 g/mol. The van der Waals surface area contributed by atoms with Crippen molar-refractivity contribution in [2.75, 3.05) is 12.4 Å². The molecule has 2 N–H and O–H groups in total. The van der Waals surface area contributed by atoms with E-state index in [9.17, 15) is 8.42 Å². The lowest BCUT2D eigenvalue weighted by molar-refractivity contribution is 0.163. The molecule has 7 heteroatoms. The lowest BCUT2D eigenvalue weighted by Crippen LogP contribution is -2.35. The number of benzene rings is 1. The largest absolute Gasteiger partial charge is 0.492 e. The van der Waals surface area contributed by atoms with E-state index in [2.05, 4.69) is 0 Å². The van der Waals surface area contributed by atoms with Gasteiger partial charge in [-0.2, -0.15) is 0 Å². The van der Waals surface area contributed by atoms with Crippen LogP contribution in [0.4, 0.5) is 0 Å². The van der Waals surface area contributed by atoms with Crippen molar-refractivity contribution in [2.24, 2.45) is 16.5 Å². The summed E-state index contributed by atoms with van der Waals surface area (Å²) in [5.74, 6) is 0.0321. The topological polar surface area (TPSA) is 69.4 Å². The molecule has 0 aliphatic carbocycles. The molecule has 4 nitrogen and oxygen atoms in total. The smallest absolute Gasteiger partial charge is 0.209 e. The predicted octanol–water partition coefficient (Wildman–Crippen LogP) is 3.32. The predicted molar refractivity (Wildman–Crippen MR) is 82.9 cm³/mol. The Balaban J connectivity index is 2.84. The number of nitrogens with two attached hydrogens (primary N) is 1. The molecule has 0 aromatic heterocycles. The third-order valence-corrected chi connectivity index (χ3v) is 4.41. The van der Waals surface area contributed by atoms with Gasteiger partial charge in [0.15, 0.2) is 0 Å². The number of hydrogen-bond donors (Lipinski definition) is 1. The van der Waals surface area contributed by atoms with Crippen LogP contribution in [0.5, 0.6) is 5.75 Å². The maximum absolute atomic E-state index is 11.3. The summed E-state index contributed by atoms with van der Waals surface area (Å²) in [6.07, 6.45) is 0. The molecule has 0 fully saturated rings. The van der Waals surface area contributed by atoms with Crippen molar-refractivity contribution in [3.63, 3.8) is 0 Å². The van der Waals surface area contributed by atoms with E-state index in [0.29, 0.717) is 15.8 Å². The summed E-state index contributed by atoms with van der Waals surface area (Å²) in [5.41, 5.74) is -0.266. The van der Waals surface area contributed by atoms with Crippen LogP contribution in [0.2, 0.25) is 10.0 Å². The van der Waals surface area contributed by atoms with Crippen molar-refractivity contribution in [1.29, 1.82) is 0 Å². The summed E-state index contributed by atoms with van der Waals surface area (Å²) < 4.78 is 28.2. The zero-order valence-electron chi connectivity index (χ0n) is 11.7. The van der Waals surface area contributed by atoms with Gasteiger partial charge in [0.05, 0.1) is 17.4 Å². The summed E-state index contributed by atoms with van der Waals surface area (Å²) in [6.45, 7) is 6.00. The van der Waals surface area contributed by atoms with Gasteiger partial charge in [0.2, 0.25) is 10.0 Å². The summed E-state index contributed by atoms with van der Waals surface area (Å²) >= 11 is 11.9. The van der Waals surface area contributed by atoms with E-state index in [1.165, 1.54) is 0 Å². The minimum absolute atomic E-state index is 0.144. The van der Waals surface area contributed by atoms with Crippen molar-refractivity contribution in [3.8, 4) is 5.75 Å². The van der Waals surface area contributed by atoms with E-state index >= 15 is 0 Å². The first-order valence-electron chi connectivity index (χ1n) is 6.07. The van der Waals surface area contributed by atoms with Gasteiger partial charge in [-0.3, -0.25) is 0 Å². The first-order valence-corrected chi connectivity index (χ1v) is 8.54. The fourth-order valence-corrected chi connectivity index (χ4v) is 3.10. The molecule has 1 unspecified atom stereocenters. The molecule has 0 aliphatic rings. The highest BCUT2D eigenvalue weighted by Gasteiger charge is 2.29. The third-order valence-electron chi connectivity index (χ3n) is 2.99. The van der Waals surface area contributed by atoms with Crippen LogP contribution < -0.4 is 9.88 Å². The first-order chi connectivity index (χ1) is 8.99. The Morgan fingerprint density at radius 2 is 1.90 bits per heavy atom. The van der Waals surface area contributed by atoms with Gasteiger partial charge >= 0.3 is 0 Å². The minimum Gasteiger partial charge on any atom is -0.492 e. The molecule has 0 amide bonds. The summed E-state index contributed by atoms with van der Waals surface area (Å²) in [5, 5.41) is 6.06. The van der Waals surface area contributed by atoms with E-state index in [1.54, 1.807) is 18.2 Å². The highest BCUT2D eigenvalue weighted by molar-refractivity contribution is 7.89. The molecule has 0 aliphatic heterocycles. The summed E-state index contributed by atoms with van der Waals surface area (Å²) in [6, 6.07) is 4.88. The van der Waals surface area contributed by atoms with Gasteiger partial charge in [-0.15, -0.1) is 0 Å². The van der Waals surface area contributed by atoms with Crippen molar-refractivity contribution in [3.05, 3.63) is 28.2 Å². The van der Waals surface area contributed by atoms with Gasteiger partial charge in [-0.1, -0.05) is 44.0 Å². The van der Waals surface area contributed by atoms with Gasteiger partial charge in [0, 0.05) is 17.0 Å². The number of rotatable bonds is 5. The third kappa shape index (κ3) is 5.87. The second-order valence-electron chi connectivity index (χ2n) is 5.78.